The Bertz CT molecular complexity index is 749. The normalized spacial score (nSPS) is 10.4. The first-order chi connectivity index (χ1) is 11.0. The number of hydrogen-bond donors (Lipinski definition) is 1. The third-order valence-corrected chi connectivity index (χ3v) is 2.90. The summed E-state index contributed by atoms with van der Waals surface area (Å²) in [5.41, 5.74) is 0.0956. The molecule has 116 valence electrons. The summed E-state index contributed by atoms with van der Waals surface area (Å²) in [7, 11) is 0. The molecule has 0 unspecified atom stereocenters. The van der Waals surface area contributed by atoms with E-state index in [4.69, 9.17) is 0 Å². The quantitative estimate of drug-likeness (QED) is 0.786. The van der Waals surface area contributed by atoms with E-state index in [1.165, 1.54) is 6.08 Å². The molecule has 0 aliphatic carbocycles. The molecule has 2 aromatic carbocycles. The first kappa shape index (κ1) is 16.0. The van der Waals surface area contributed by atoms with Crippen LogP contribution in [0.5, 0.6) is 0 Å². The molecule has 6 heteroatoms. The van der Waals surface area contributed by atoms with Crippen LogP contribution in [0, 0.1) is 0 Å². The summed E-state index contributed by atoms with van der Waals surface area (Å²) in [6.07, 6.45) is 2.82. The Morgan fingerprint density at radius 3 is 1.96 bits per heavy atom. The van der Waals surface area contributed by atoms with Gasteiger partial charge in [-0.3, -0.25) is 4.79 Å². The van der Waals surface area contributed by atoms with Crippen LogP contribution in [0.2, 0.25) is 0 Å². The number of carbonyl (C=O) groups excluding carboxylic acids is 3. The van der Waals surface area contributed by atoms with Crippen LogP contribution in [-0.2, 0) is 4.79 Å². The second-order valence-electron chi connectivity index (χ2n) is 4.61. The molecule has 0 saturated heterocycles. The zero-order valence-corrected chi connectivity index (χ0v) is 11.8. The van der Waals surface area contributed by atoms with Gasteiger partial charge in [-0.2, -0.15) is 0 Å². The summed E-state index contributed by atoms with van der Waals surface area (Å²) < 4.78 is 0. The summed E-state index contributed by atoms with van der Waals surface area (Å²) in [6, 6.07) is 12.2. The van der Waals surface area contributed by atoms with Gasteiger partial charge in [0.05, 0.1) is 11.9 Å². The van der Waals surface area contributed by atoms with Crippen molar-refractivity contribution >= 4 is 29.6 Å². The van der Waals surface area contributed by atoms with Gasteiger partial charge in [0.2, 0.25) is 5.91 Å². The zero-order valence-electron chi connectivity index (χ0n) is 11.8. The summed E-state index contributed by atoms with van der Waals surface area (Å²) in [6.45, 7) is 0. The molecule has 0 aliphatic rings. The second-order valence-corrected chi connectivity index (χ2v) is 4.61. The Balaban J connectivity index is 2.18. The molecular weight excluding hydrogens is 298 g/mol. The van der Waals surface area contributed by atoms with Crippen LogP contribution in [0.4, 0.5) is 5.69 Å². The van der Waals surface area contributed by atoms with Crippen LogP contribution in [0.15, 0.2) is 54.6 Å². The molecule has 23 heavy (non-hydrogen) atoms. The Morgan fingerprint density at radius 1 is 0.870 bits per heavy atom. The molecule has 0 bridgehead atoms. The van der Waals surface area contributed by atoms with E-state index in [1.807, 2.05) is 18.2 Å². The minimum atomic E-state index is -1.55. The first-order valence-electron chi connectivity index (χ1n) is 6.57. The minimum absolute atomic E-state index is 0.0219. The lowest BCUT2D eigenvalue weighted by Gasteiger charge is -2.11. The van der Waals surface area contributed by atoms with Gasteiger partial charge in [0.15, 0.2) is 0 Å². The molecule has 2 rings (SSSR count). The molecular formula is C17H11NO5-2. The lowest BCUT2D eigenvalue weighted by molar-refractivity contribution is -0.255. The third kappa shape index (κ3) is 4.53. The molecule has 2 aromatic rings. The molecule has 1 amide bonds. The SMILES string of the molecule is O=C(/C=C/c1ccccc1)Nc1cc(C(=O)[O-])cc(C(=O)[O-])c1. The predicted molar refractivity (Wildman–Crippen MR) is 79.2 cm³/mol. The fourth-order valence-corrected chi connectivity index (χ4v) is 1.86. The van der Waals surface area contributed by atoms with Crippen molar-refractivity contribution in [3.05, 3.63) is 71.3 Å². The number of carbonyl (C=O) groups is 3. The van der Waals surface area contributed by atoms with Gasteiger partial charge in [0.25, 0.3) is 0 Å². The van der Waals surface area contributed by atoms with E-state index in [1.54, 1.807) is 18.2 Å². The molecule has 0 radical (unpaired) electrons. The summed E-state index contributed by atoms with van der Waals surface area (Å²) in [5.74, 6) is -3.64. The fraction of sp³-hybridized carbons (Fsp3) is 0. The highest BCUT2D eigenvalue weighted by atomic mass is 16.4. The van der Waals surface area contributed by atoms with Crippen LogP contribution in [0.1, 0.15) is 26.3 Å². The van der Waals surface area contributed by atoms with Crippen molar-refractivity contribution in [2.45, 2.75) is 0 Å². The van der Waals surface area contributed by atoms with Crippen LogP contribution < -0.4 is 15.5 Å². The molecule has 1 N–H and O–H groups in total. The third-order valence-electron chi connectivity index (χ3n) is 2.90. The highest BCUT2D eigenvalue weighted by Crippen LogP contribution is 2.15. The van der Waals surface area contributed by atoms with E-state index in [2.05, 4.69) is 5.32 Å². The summed E-state index contributed by atoms with van der Waals surface area (Å²) in [4.78, 5) is 33.6. The van der Waals surface area contributed by atoms with Gasteiger partial charge in [0.1, 0.15) is 0 Å². The molecule has 0 spiro atoms. The maximum absolute atomic E-state index is 11.8. The molecule has 0 aliphatic heterocycles. The van der Waals surface area contributed by atoms with Crippen molar-refractivity contribution in [2.24, 2.45) is 0 Å². The Kier molecular flexibility index (Phi) is 4.89. The number of nitrogens with one attached hydrogen (secondary N) is 1. The Hall–Kier alpha value is -3.41. The molecule has 0 saturated carbocycles. The Labute approximate surface area is 131 Å². The van der Waals surface area contributed by atoms with Crippen molar-refractivity contribution in [3.8, 4) is 0 Å². The van der Waals surface area contributed by atoms with Gasteiger partial charge in [-0.05, 0) is 41.0 Å². The fourth-order valence-electron chi connectivity index (χ4n) is 1.86. The van der Waals surface area contributed by atoms with Crippen molar-refractivity contribution in [1.82, 2.24) is 0 Å². The number of amides is 1. The number of carboxylic acid groups (broad SMARTS) is 2. The van der Waals surface area contributed by atoms with E-state index in [0.29, 0.717) is 0 Å². The highest BCUT2D eigenvalue weighted by molar-refractivity contribution is 6.03. The summed E-state index contributed by atoms with van der Waals surface area (Å²) in [5, 5.41) is 24.1. The predicted octanol–water partition coefficient (Wildman–Crippen LogP) is 0.0655. The average Bonchev–Trinajstić information content (AvgIpc) is 2.53. The van der Waals surface area contributed by atoms with E-state index in [-0.39, 0.29) is 16.8 Å². The first-order valence-corrected chi connectivity index (χ1v) is 6.57. The van der Waals surface area contributed by atoms with Crippen molar-refractivity contribution in [2.75, 3.05) is 5.32 Å². The van der Waals surface area contributed by atoms with Crippen LogP contribution in [-0.4, -0.2) is 17.8 Å². The maximum Gasteiger partial charge on any atom is 0.248 e. The summed E-state index contributed by atoms with van der Waals surface area (Å²) >= 11 is 0. The number of carboxylic acids is 2. The monoisotopic (exact) mass is 309 g/mol. The highest BCUT2D eigenvalue weighted by Gasteiger charge is 2.05. The zero-order chi connectivity index (χ0) is 16.8. The van der Waals surface area contributed by atoms with Crippen LogP contribution in [0.3, 0.4) is 0 Å². The lowest BCUT2D eigenvalue weighted by Crippen LogP contribution is -2.26. The van der Waals surface area contributed by atoms with Gasteiger partial charge in [-0.1, -0.05) is 30.3 Å². The van der Waals surface area contributed by atoms with Gasteiger partial charge >= 0.3 is 0 Å². The maximum atomic E-state index is 11.8. The molecule has 6 nitrogen and oxygen atoms in total. The van der Waals surface area contributed by atoms with Gasteiger partial charge in [-0.25, -0.2) is 0 Å². The second kappa shape index (κ2) is 7.04. The smallest absolute Gasteiger partial charge is 0.248 e. The van der Waals surface area contributed by atoms with Crippen molar-refractivity contribution in [3.63, 3.8) is 0 Å². The Morgan fingerprint density at radius 2 is 1.43 bits per heavy atom. The number of anilines is 1. The topological polar surface area (TPSA) is 109 Å². The van der Waals surface area contributed by atoms with Gasteiger partial charge in [-0.15, -0.1) is 0 Å². The molecule has 0 fully saturated rings. The molecule has 0 atom stereocenters. The van der Waals surface area contributed by atoms with Gasteiger partial charge in [0, 0.05) is 11.8 Å². The number of benzene rings is 2. The van der Waals surface area contributed by atoms with E-state index in [9.17, 15) is 24.6 Å². The molecule has 0 heterocycles. The van der Waals surface area contributed by atoms with E-state index < -0.39 is 17.8 Å². The largest absolute Gasteiger partial charge is 0.545 e. The number of rotatable bonds is 5. The minimum Gasteiger partial charge on any atom is -0.545 e. The van der Waals surface area contributed by atoms with Crippen LogP contribution >= 0.6 is 0 Å². The van der Waals surface area contributed by atoms with Crippen molar-refractivity contribution < 1.29 is 24.6 Å². The average molecular weight is 309 g/mol. The van der Waals surface area contributed by atoms with E-state index >= 15 is 0 Å². The molecule has 0 aromatic heterocycles. The number of hydrogen-bond acceptors (Lipinski definition) is 5. The van der Waals surface area contributed by atoms with Crippen LogP contribution in [0.25, 0.3) is 6.08 Å². The van der Waals surface area contributed by atoms with Gasteiger partial charge < -0.3 is 25.1 Å². The van der Waals surface area contributed by atoms with E-state index in [0.717, 1.165) is 23.8 Å². The standard InChI is InChI=1S/C17H13NO5/c19-15(7-6-11-4-2-1-3-5-11)18-14-9-12(16(20)21)8-13(10-14)17(22)23/h1-10H,(H,18,19)(H,20,21)(H,22,23)/p-2/b7-6+. The lowest BCUT2D eigenvalue weighted by atomic mass is 10.1. The van der Waals surface area contributed by atoms with Crippen molar-refractivity contribution in [1.29, 1.82) is 0 Å². The number of aromatic carboxylic acids is 2.